The van der Waals surface area contributed by atoms with Crippen molar-refractivity contribution in [3.8, 4) is 11.4 Å². The van der Waals surface area contributed by atoms with Gasteiger partial charge in [0, 0.05) is 16.6 Å². The van der Waals surface area contributed by atoms with Crippen LogP contribution >= 0.6 is 11.3 Å². The van der Waals surface area contributed by atoms with Crippen molar-refractivity contribution >= 4 is 39.1 Å². The molecule has 4 aromatic rings. The summed E-state index contributed by atoms with van der Waals surface area (Å²) in [4.78, 5) is 42.9. The summed E-state index contributed by atoms with van der Waals surface area (Å²) < 4.78 is 1.25. The Hall–Kier alpha value is -3.78. The molecule has 0 aliphatic heterocycles. The molecule has 7 nitrogen and oxygen atoms in total. The fraction of sp³-hybridized carbons (Fsp3) is 0.167. The molecule has 162 valence electrons. The largest absolute Gasteiger partial charge is 0.478 e. The van der Waals surface area contributed by atoms with Gasteiger partial charge in [0.15, 0.2) is 0 Å². The highest BCUT2D eigenvalue weighted by Crippen LogP contribution is 2.26. The van der Waals surface area contributed by atoms with Gasteiger partial charge in [0.25, 0.3) is 5.56 Å². The number of aromatic carboxylic acids is 1. The van der Waals surface area contributed by atoms with E-state index in [9.17, 15) is 19.5 Å². The second-order valence-electron chi connectivity index (χ2n) is 7.39. The van der Waals surface area contributed by atoms with Gasteiger partial charge in [0.05, 0.1) is 10.9 Å². The molecule has 0 unspecified atom stereocenters. The van der Waals surface area contributed by atoms with E-state index in [1.54, 1.807) is 0 Å². The van der Waals surface area contributed by atoms with E-state index in [4.69, 9.17) is 0 Å². The molecule has 2 N–H and O–H groups in total. The van der Waals surface area contributed by atoms with Gasteiger partial charge in [0.1, 0.15) is 17.2 Å². The number of nitrogens with one attached hydrogen (secondary N) is 1. The lowest BCUT2D eigenvalue weighted by Crippen LogP contribution is -2.30. The molecule has 0 saturated heterocycles. The molecule has 32 heavy (non-hydrogen) atoms. The number of thiophene rings is 1. The molecule has 0 atom stereocenters. The van der Waals surface area contributed by atoms with Crippen molar-refractivity contribution in [1.82, 2.24) is 9.55 Å². The van der Waals surface area contributed by atoms with Gasteiger partial charge in [0.2, 0.25) is 5.91 Å². The Balaban J connectivity index is 1.84. The van der Waals surface area contributed by atoms with Crippen LogP contribution in [0.5, 0.6) is 0 Å². The number of aryl methyl sites for hydroxylation is 2. The quantitative estimate of drug-likeness (QED) is 0.458. The molecule has 8 heteroatoms. The standard InChI is InChI=1S/C24H21N3O4S/c1-3-15-8-4-5-10-18(15)25-19(28)12-27-21(16-9-6-7-14(2)11-16)26-22-20(23(27)29)17(13-32-22)24(30)31/h4-11,13H,3,12H2,1-2H3,(H,25,28)(H,30,31). The minimum atomic E-state index is -1.20. The van der Waals surface area contributed by atoms with E-state index in [0.717, 1.165) is 28.9 Å². The number of hydrogen-bond donors (Lipinski definition) is 2. The molecule has 4 rings (SSSR count). The molecule has 1 amide bonds. The molecule has 2 heterocycles. The number of benzene rings is 2. The first-order valence-corrected chi connectivity index (χ1v) is 11.0. The maximum atomic E-state index is 13.4. The predicted octanol–water partition coefficient (Wildman–Crippen LogP) is 4.33. The van der Waals surface area contributed by atoms with Crippen molar-refractivity contribution in [3.63, 3.8) is 0 Å². The molecule has 0 aliphatic carbocycles. The maximum absolute atomic E-state index is 13.4. The highest BCUT2D eigenvalue weighted by Gasteiger charge is 2.22. The van der Waals surface area contributed by atoms with Gasteiger partial charge in [-0.05, 0) is 31.0 Å². The van der Waals surface area contributed by atoms with Crippen LogP contribution in [0.4, 0.5) is 5.69 Å². The number of nitrogens with zero attached hydrogens (tertiary/aromatic N) is 2. The van der Waals surface area contributed by atoms with Gasteiger partial charge in [-0.25, -0.2) is 9.78 Å². The third-order valence-corrected chi connectivity index (χ3v) is 6.05. The molecular formula is C24H21N3O4S. The normalized spacial score (nSPS) is 10.9. The summed E-state index contributed by atoms with van der Waals surface area (Å²) in [6.07, 6.45) is 0.745. The number of fused-ring (bicyclic) bond motifs is 1. The number of hydrogen-bond acceptors (Lipinski definition) is 5. The van der Waals surface area contributed by atoms with E-state index in [1.165, 1.54) is 9.95 Å². The molecule has 0 bridgehead atoms. The lowest BCUT2D eigenvalue weighted by Gasteiger charge is -2.14. The lowest BCUT2D eigenvalue weighted by molar-refractivity contribution is -0.116. The molecule has 0 spiro atoms. The van der Waals surface area contributed by atoms with E-state index in [1.807, 2.05) is 62.4 Å². The molecule has 2 aromatic heterocycles. The first-order chi connectivity index (χ1) is 15.4. The summed E-state index contributed by atoms with van der Waals surface area (Å²) in [6.45, 7) is 3.62. The third-order valence-electron chi connectivity index (χ3n) is 5.17. The Morgan fingerprint density at radius 2 is 1.94 bits per heavy atom. The molecule has 2 aromatic carbocycles. The number of carbonyl (C=O) groups is 2. The number of aromatic nitrogens is 2. The highest BCUT2D eigenvalue weighted by molar-refractivity contribution is 7.17. The molecule has 0 fully saturated rings. The fourth-order valence-electron chi connectivity index (χ4n) is 3.62. The Labute approximate surface area is 188 Å². The summed E-state index contributed by atoms with van der Waals surface area (Å²) in [7, 11) is 0. The number of carbonyl (C=O) groups excluding carboxylic acids is 1. The number of carboxylic acid groups (broad SMARTS) is 1. The predicted molar refractivity (Wildman–Crippen MR) is 125 cm³/mol. The number of amides is 1. The van der Waals surface area contributed by atoms with Crippen LogP contribution in [0.25, 0.3) is 21.6 Å². The Bertz CT molecular complexity index is 1400. The van der Waals surface area contributed by atoms with Gasteiger partial charge in [-0.1, -0.05) is 48.9 Å². The van der Waals surface area contributed by atoms with E-state index >= 15 is 0 Å². The number of para-hydroxylation sites is 1. The van der Waals surface area contributed by atoms with Gasteiger partial charge in [-0.3, -0.25) is 14.2 Å². The molecule has 0 aliphatic rings. The van der Waals surface area contributed by atoms with Crippen molar-refractivity contribution in [2.75, 3.05) is 5.32 Å². The Morgan fingerprint density at radius 1 is 1.16 bits per heavy atom. The summed E-state index contributed by atoms with van der Waals surface area (Å²) >= 11 is 1.10. The number of rotatable bonds is 6. The zero-order chi connectivity index (χ0) is 22.8. The van der Waals surface area contributed by atoms with Crippen LogP contribution in [0.2, 0.25) is 0 Å². The monoisotopic (exact) mass is 447 g/mol. The van der Waals surface area contributed by atoms with Crippen molar-refractivity contribution < 1.29 is 14.7 Å². The molecular weight excluding hydrogens is 426 g/mol. The Kier molecular flexibility index (Phi) is 5.87. The average Bonchev–Trinajstić information content (AvgIpc) is 3.20. The van der Waals surface area contributed by atoms with E-state index in [2.05, 4.69) is 10.3 Å². The van der Waals surface area contributed by atoms with Gasteiger partial charge < -0.3 is 10.4 Å². The van der Waals surface area contributed by atoms with Crippen LogP contribution in [0.3, 0.4) is 0 Å². The van der Waals surface area contributed by atoms with E-state index in [0.29, 0.717) is 21.9 Å². The molecule has 0 saturated carbocycles. The molecule has 0 radical (unpaired) electrons. The van der Waals surface area contributed by atoms with Crippen LogP contribution in [0.15, 0.2) is 58.7 Å². The minimum absolute atomic E-state index is 0.0145. The second kappa shape index (κ2) is 8.76. The van der Waals surface area contributed by atoms with Crippen molar-refractivity contribution in [2.45, 2.75) is 26.8 Å². The van der Waals surface area contributed by atoms with Crippen LogP contribution in [0, 0.1) is 6.92 Å². The fourth-order valence-corrected chi connectivity index (χ4v) is 4.52. The average molecular weight is 448 g/mol. The second-order valence-corrected chi connectivity index (χ2v) is 8.25. The summed E-state index contributed by atoms with van der Waals surface area (Å²) in [5, 5.41) is 13.8. The minimum Gasteiger partial charge on any atom is -0.478 e. The van der Waals surface area contributed by atoms with Gasteiger partial charge >= 0.3 is 5.97 Å². The van der Waals surface area contributed by atoms with Crippen LogP contribution in [-0.4, -0.2) is 26.5 Å². The first-order valence-electron chi connectivity index (χ1n) is 10.1. The van der Waals surface area contributed by atoms with Crippen LogP contribution in [-0.2, 0) is 17.8 Å². The zero-order valence-electron chi connectivity index (χ0n) is 17.6. The van der Waals surface area contributed by atoms with Crippen molar-refractivity contribution in [3.05, 3.63) is 81.0 Å². The summed E-state index contributed by atoms with van der Waals surface area (Å²) in [5.74, 6) is -1.27. The topological polar surface area (TPSA) is 101 Å². The van der Waals surface area contributed by atoms with Crippen LogP contribution < -0.4 is 10.9 Å². The highest BCUT2D eigenvalue weighted by atomic mass is 32.1. The first kappa shape index (κ1) is 21.5. The number of anilines is 1. The summed E-state index contributed by atoms with van der Waals surface area (Å²) in [5.41, 5.74) is 2.65. The van der Waals surface area contributed by atoms with E-state index in [-0.39, 0.29) is 17.5 Å². The maximum Gasteiger partial charge on any atom is 0.337 e. The van der Waals surface area contributed by atoms with Crippen molar-refractivity contribution in [1.29, 1.82) is 0 Å². The lowest BCUT2D eigenvalue weighted by atomic mass is 10.1. The Morgan fingerprint density at radius 3 is 2.66 bits per heavy atom. The van der Waals surface area contributed by atoms with Gasteiger partial charge in [-0.2, -0.15) is 0 Å². The van der Waals surface area contributed by atoms with E-state index < -0.39 is 17.4 Å². The van der Waals surface area contributed by atoms with Crippen molar-refractivity contribution in [2.24, 2.45) is 0 Å². The zero-order valence-corrected chi connectivity index (χ0v) is 18.4. The van der Waals surface area contributed by atoms with Gasteiger partial charge in [-0.15, -0.1) is 11.3 Å². The van der Waals surface area contributed by atoms with Crippen LogP contribution in [0.1, 0.15) is 28.4 Å². The number of carboxylic acids is 1. The summed E-state index contributed by atoms with van der Waals surface area (Å²) in [6, 6.07) is 14.9. The smallest absolute Gasteiger partial charge is 0.337 e. The SMILES string of the molecule is CCc1ccccc1NC(=O)Cn1c(-c2cccc(C)c2)nc2scc(C(=O)O)c2c1=O. The third kappa shape index (κ3) is 4.04.